The first kappa shape index (κ1) is 23.6. The molecule has 0 radical (unpaired) electrons. The third-order valence-electron chi connectivity index (χ3n) is 4.34. The lowest BCUT2D eigenvalue weighted by atomic mass is 10.1. The molecule has 0 bridgehead atoms. The number of carbonyl (C=O) groups is 3. The Balaban J connectivity index is 1.58. The van der Waals surface area contributed by atoms with Gasteiger partial charge in [0, 0.05) is 10.6 Å². The minimum Gasteiger partial charge on any atom is -0.462 e. The number of carbonyl (C=O) groups excluding carboxylic acids is 3. The van der Waals surface area contributed by atoms with Gasteiger partial charge in [-0.05, 0) is 37.6 Å². The van der Waals surface area contributed by atoms with Crippen LogP contribution in [-0.2, 0) is 14.3 Å². The predicted molar refractivity (Wildman–Crippen MR) is 131 cm³/mol. The molecule has 2 amide bonds. The van der Waals surface area contributed by atoms with Crippen molar-refractivity contribution in [3.05, 3.63) is 71.8 Å². The van der Waals surface area contributed by atoms with Crippen LogP contribution in [0.3, 0.4) is 0 Å². The van der Waals surface area contributed by atoms with Crippen molar-refractivity contribution in [2.45, 2.75) is 13.8 Å². The Labute approximate surface area is 195 Å². The summed E-state index contributed by atoms with van der Waals surface area (Å²) < 4.78 is 5.13. The number of nitrogens with one attached hydrogen (secondary N) is 2. The third-order valence-corrected chi connectivity index (χ3v) is 6.37. The molecule has 3 rings (SSSR count). The molecule has 0 aliphatic rings. The summed E-state index contributed by atoms with van der Waals surface area (Å²) in [5.41, 5.74) is 3.11. The Morgan fingerprint density at radius 3 is 2.25 bits per heavy atom. The fraction of sp³-hybridized carbons (Fsp3) is 0.208. The summed E-state index contributed by atoms with van der Waals surface area (Å²) in [5.74, 6) is -0.716. The van der Waals surface area contributed by atoms with E-state index in [4.69, 9.17) is 4.74 Å². The predicted octanol–water partition coefficient (Wildman–Crippen LogP) is 5.21. The van der Waals surface area contributed by atoms with Crippen LogP contribution in [0.25, 0.3) is 10.4 Å². The maximum atomic E-state index is 12.5. The fourth-order valence-electron chi connectivity index (χ4n) is 2.82. The molecule has 2 N–H and O–H groups in total. The summed E-state index contributed by atoms with van der Waals surface area (Å²) in [6, 6.07) is 18.9. The summed E-state index contributed by atoms with van der Waals surface area (Å²) in [6.45, 7) is 3.96. The van der Waals surface area contributed by atoms with Crippen molar-refractivity contribution in [1.29, 1.82) is 0 Å². The molecule has 32 heavy (non-hydrogen) atoms. The second-order valence-electron chi connectivity index (χ2n) is 6.90. The van der Waals surface area contributed by atoms with E-state index in [2.05, 4.69) is 10.6 Å². The van der Waals surface area contributed by atoms with Crippen LogP contribution in [0.1, 0.15) is 22.8 Å². The van der Waals surface area contributed by atoms with E-state index < -0.39 is 5.97 Å². The second-order valence-corrected chi connectivity index (χ2v) is 8.93. The molecule has 0 saturated carbocycles. The van der Waals surface area contributed by atoms with Gasteiger partial charge >= 0.3 is 5.97 Å². The molecular formula is C24H24N2O4S2. The Bertz CT molecular complexity index is 1080. The second kappa shape index (κ2) is 11.5. The number of thiophene rings is 1. The molecule has 3 aromatic rings. The molecule has 0 unspecified atom stereocenters. The van der Waals surface area contributed by atoms with Gasteiger partial charge in [0.2, 0.25) is 11.8 Å². The molecule has 0 aliphatic carbocycles. The molecule has 2 aromatic carbocycles. The quantitative estimate of drug-likeness (QED) is 0.421. The van der Waals surface area contributed by atoms with Gasteiger partial charge in [-0.25, -0.2) is 4.79 Å². The first-order valence-corrected chi connectivity index (χ1v) is 12.0. The minimum absolute atomic E-state index is 0.0855. The number of rotatable bonds is 9. The molecule has 0 saturated heterocycles. The average Bonchev–Trinajstić information content (AvgIpc) is 3.20. The molecule has 0 fully saturated rings. The van der Waals surface area contributed by atoms with Gasteiger partial charge in [0.05, 0.1) is 23.7 Å². The lowest BCUT2D eigenvalue weighted by Gasteiger charge is -2.07. The van der Waals surface area contributed by atoms with Crippen molar-refractivity contribution in [3.8, 4) is 10.4 Å². The number of aryl methyl sites for hydroxylation is 1. The highest BCUT2D eigenvalue weighted by atomic mass is 32.2. The summed E-state index contributed by atoms with van der Waals surface area (Å²) in [7, 11) is 0. The molecule has 6 nitrogen and oxygen atoms in total. The number of amides is 2. The lowest BCUT2D eigenvalue weighted by Crippen LogP contribution is -2.19. The summed E-state index contributed by atoms with van der Waals surface area (Å²) in [4.78, 5) is 37.8. The first-order chi connectivity index (χ1) is 15.5. The van der Waals surface area contributed by atoms with Gasteiger partial charge in [-0.1, -0.05) is 48.0 Å². The largest absolute Gasteiger partial charge is 0.462 e. The van der Waals surface area contributed by atoms with Crippen LogP contribution in [0, 0.1) is 6.92 Å². The highest BCUT2D eigenvalue weighted by molar-refractivity contribution is 8.00. The Kier molecular flexibility index (Phi) is 8.47. The fourth-order valence-corrected chi connectivity index (χ4v) is 4.51. The number of benzene rings is 2. The number of esters is 1. The third kappa shape index (κ3) is 6.70. The zero-order valence-corrected chi connectivity index (χ0v) is 19.5. The van der Waals surface area contributed by atoms with Gasteiger partial charge in [-0.2, -0.15) is 0 Å². The van der Waals surface area contributed by atoms with E-state index in [1.54, 1.807) is 13.0 Å². The lowest BCUT2D eigenvalue weighted by molar-refractivity contribution is -0.114. The van der Waals surface area contributed by atoms with Gasteiger partial charge in [0.15, 0.2) is 0 Å². The van der Waals surface area contributed by atoms with E-state index >= 15 is 0 Å². The number of hydrogen-bond acceptors (Lipinski definition) is 6. The Morgan fingerprint density at radius 2 is 1.59 bits per heavy atom. The van der Waals surface area contributed by atoms with Gasteiger partial charge < -0.3 is 15.4 Å². The smallest absolute Gasteiger partial charge is 0.341 e. The Morgan fingerprint density at radius 1 is 0.938 bits per heavy atom. The molecule has 166 valence electrons. The van der Waals surface area contributed by atoms with Crippen LogP contribution >= 0.6 is 23.1 Å². The molecule has 0 aliphatic heterocycles. The van der Waals surface area contributed by atoms with E-state index in [9.17, 15) is 14.4 Å². The highest BCUT2D eigenvalue weighted by Crippen LogP contribution is 2.36. The van der Waals surface area contributed by atoms with Crippen molar-refractivity contribution in [1.82, 2.24) is 0 Å². The molecule has 0 atom stereocenters. The maximum absolute atomic E-state index is 12.5. The molecule has 1 aromatic heterocycles. The molecular weight excluding hydrogens is 444 g/mol. The van der Waals surface area contributed by atoms with Gasteiger partial charge in [-0.15, -0.1) is 23.1 Å². The number of anilines is 2. The van der Waals surface area contributed by atoms with Crippen molar-refractivity contribution in [3.63, 3.8) is 0 Å². The van der Waals surface area contributed by atoms with Crippen LogP contribution in [-0.4, -0.2) is 35.9 Å². The Hall–Kier alpha value is -3.10. The number of hydrogen-bond donors (Lipinski definition) is 2. The van der Waals surface area contributed by atoms with E-state index in [1.807, 2.05) is 61.5 Å². The monoisotopic (exact) mass is 468 g/mol. The van der Waals surface area contributed by atoms with Crippen molar-refractivity contribution < 1.29 is 19.1 Å². The molecule has 1 heterocycles. The zero-order valence-electron chi connectivity index (χ0n) is 17.8. The normalized spacial score (nSPS) is 10.4. The van der Waals surface area contributed by atoms with E-state index in [0.29, 0.717) is 10.6 Å². The van der Waals surface area contributed by atoms with Crippen LogP contribution in [0.2, 0.25) is 0 Å². The van der Waals surface area contributed by atoms with E-state index in [0.717, 1.165) is 21.7 Å². The summed E-state index contributed by atoms with van der Waals surface area (Å²) in [6.07, 6.45) is 0. The zero-order chi connectivity index (χ0) is 22.9. The van der Waals surface area contributed by atoms with Crippen LogP contribution < -0.4 is 10.6 Å². The van der Waals surface area contributed by atoms with Crippen molar-refractivity contribution in [2.24, 2.45) is 0 Å². The highest BCUT2D eigenvalue weighted by Gasteiger charge is 2.20. The number of ether oxygens (including phenoxy) is 1. The molecule has 8 heteroatoms. The number of thioether (sulfide) groups is 1. The van der Waals surface area contributed by atoms with Crippen LogP contribution in [0.4, 0.5) is 10.7 Å². The van der Waals surface area contributed by atoms with Crippen LogP contribution in [0.15, 0.2) is 60.7 Å². The summed E-state index contributed by atoms with van der Waals surface area (Å²) in [5, 5.41) is 6.04. The topological polar surface area (TPSA) is 84.5 Å². The van der Waals surface area contributed by atoms with Crippen molar-refractivity contribution >= 4 is 51.6 Å². The van der Waals surface area contributed by atoms with E-state index in [1.165, 1.54) is 23.1 Å². The minimum atomic E-state index is -0.480. The SMILES string of the molecule is CCOC(=O)c1cc(-c2ccccc2)sc1NC(=O)CSCC(=O)Nc1ccc(C)cc1. The first-order valence-electron chi connectivity index (χ1n) is 10.1. The summed E-state index contributed by atoms with van der Waals surface area (Å²) >= 11 is 2.52. The van der Waals surface area contributed by atoms with Gasteiger partial charge in [0.25, 0.3) is 0 Å². The van der Waals surface area contributed by atoms with Crippen LogP contribution in [0.5, 0.6) is 0 Å². The molecule has 0 spiro atoms. The van der Waals surface area contributed by atoms with Gasteiger partial charge in [0.1, 0.15) is 5.00 Å². The van der Waals surface area contributed by atoms with Crippen molar-refractivity contribution in [2.75, 3.05) is 28.7 Å². The van der Waals surface area contributed by atoms with E-state index in [-0.39, 0.29) is 29.9 Å². The average molecular weight is 469 g/mol. The van der Waals surface area contributed by atoms with Gasteiger partial charge in [-0.3, -0.25) is 9.59 Å². The standard InChI is InChI=1S/C24H24N2O4S2/c1-3-30-24(29)19-13-20(17-7-5-4-6-8-17)32-23(19)26-22(28)15-31-14-21(27)25-18-11-9-16(2)10-12-18/h4-13H,3,14-15H2,1-2H3,(H,25,27)(H,26,28). The maximum Gasteiger partial charge on any atom is 0.341 e.